The van der Waals surface area contributed by atoms with Crippen LogP contribution in [0.5, 0.6) is 0 Å². The van der Waals surface area contributed by atoms with Crippen LogP contribution in [0, 0.1) is 0 Å². The van der Waals surface area contributed by atoms with Crippen molar-refractivity contribution >= 4 is 82.0 Å². The minimum atomic E-state index is -4.12. The molecule has 0 fully saturated rings. The molecule has 51 heavy (non-hydrogen) atoms. The van der Waals surface area contributed by atoms with E-state index in [0.717, 1.165) is 43.8 Å². The maximum absolute atomic E-state index is 7.69. The maximum atomic E-state index is 7.69. The van der Waals surface area contributed by atoms with Gasteiger partial charge in [0, 0.05) is 93.4 Å². The van der Waals surface area contributed by atoms with E-state index in [2.05, 4.69) is 67.7 Å². The van der Waals surface area contributed by atoms with Crippen molar-refractivity contribution in [1.82, 2.24) is 28.4 Å². The van der Waals surface area contributed by atoms with E-state index >= 15 is 0 Å². The molecule has 0 aliphatic carbocycles. The highest BCUT2D eigenvalue weighted by Gasteiger charge is 2.56. The van der Waals surface area contributed by atoms with Gasteiger partial charge in [-0.3, -0.25) is 28.4 Å². The van der Waals surface area contributed by atoms with E-state index in [1.807, 2.05) is 36.7 Å². The van der Waals surface area contributed by atoms with Gasteiger partial charge in [-0.25, -0.2) is 30.0 Å². The molecule has 0 unspecified atom stereocenters. The average molecular weight is 723 g/mol. The van der Waals surface area contributed by atoms with Crippen molar-refractivity contribution in [2.45, 2.75) is 39.3 Å². The molecule has 0 aromatic carbocycles. The van der Waals surface area contributed by atoms with Crippen molar-refractivity contribution < 1.29 is 8.23 Å². The van der Waals surface area contributed by atoms with E-state index in [4.69, 9.17) is 38.2 Å². The summed E-state index contributed by atoms with van der Waals surface area (Å²) in [6, 6.07) is 7.76. The third kappa shape index (κ3) is 4.45. The number of aromatic nitrogens is 6. The van der Waals surface area contributed by atoms with Crippen LogP contribution in [0.2, 0.25) is 39.3 Å². The number of rotatable bonds is 4. The molecule has 6 aromatic heterocycles. The van der Waals surface area contributed by atoms with Crippen LogP contribution in [0.15, 0.2) is 104 Å². The Labute approximate surface area is 294 Å². The Hall–Kier alpha value is -5.47. The van der Waals surface area contributed by atoms with E-state index in [1.54, 1.807) is 37.2 Å². The molecule has 0 saturated heterocycles. The molecule has 0 atom stereocenters. The Kier molecular flexibility index (Phi) is 6.13. The maximum Gasteiger partial charge on any atom is 0.582 e. The largest absolute Gasteiger partial charge is 0.582 e. The van der Waals surface area contributed by atoms with Gasteiger partial charge < -0.3 is 8.23 Å². The lowest BCUT2D eigenvalue weighted by atomic mass is 10.1. The zero-order valence-corrected chi connectivity index (χ0v) is 31.6. The van der Waals surface area contributed by atoms with Crippen LogP contribution in [-0.2, 0) is 8.23 Å². The lowest BCUT2D eigenvalue weighted by Crippen LogP contribution is -2.69. The van der Waals surface area contributed by atoms with Crippen LogP contribution in [0.3, 0.4) is 0 Å². The minimum absolute atomic E-state index is 0.481. The molecule has 0 amide bonds. The van der Waals surface area contributed by atoms with Gasteiger partial charge in [0.25, 0.3) is 0 Å². The van der Waals surface area contributed by atoms with Crippen molar-refractivity contribution in [2.75, 3.05) is 0 Å². The van der Waals surface area contributed by atoms with E-state index in [0.29, 0.717) is 46.0 Å². The van der Waals surface area contributed by atoms with Gasteiger partial charge in [0.1, 0.15) is 22.6 Å². The Morgan fingerprint density at radius 2 is 0.902 bits per heavy atom. The van der Waals surface area contributed by atoms with Gasteiger partial charge in [-0.1, -0.05) is 0 Å². The summed E-state index contributed by atoms with van der Waals surface area (Å²) in [6.07, 6.45) is 14.2. The Bertz CT molecular complexity index is 2620. The fourth-order valence-corrected chi connectivity index (χ4v) is 17.4. The van der Waals surface area contributed by atoms with Crippen LogP contribution < -0.4 is 11.0 Å². The first-order valence-corrected chi connectivity index (χ1v) is 25.1. The van der Waals surface area contributed by atoms with Crippen molar-refractivity contribution in [3.8, 4) is 0 Å². The smallest absolute Gasteiger partial charge is 0.404 e. The summed E-state index contributed by atoms with van der Waals surface area (Å²) < 4.78 is 19.6. The number of aliphatic imine (C=N–C) groups is 4. The summed E-state index contributed by atoms with van der Waals surface area (Å²) in [4.78, 5) is 49.8. The second-order valence-corrected chi connectivity index (χ2v) is 26.7. The summed E-state index contributed by atoms with van der Waals surface area (Å²) in [5.41, 5.74) is 4.31. The van der Waals surface area contributed by atoms with Crippen LogP contribution in [0.4, 0.5) is 11.6 Å². The second kappa shape index (κ2) is 10.3. The SMILES string of the molecule is C[Si](C)(C)O[Si]1(O[Si](C)(C)C)n2c3c4cnccc4c2N=C2N=C(N=c4c5cnccc5c(n41)=NC1=NC(=N3)c3ccncc31)c1ccncc12. The van der Waals surface area contributed by atoms with Crippen LogP contribution in [-0.4, -0.2) is 77.3 Å². The van der Waals surface area contributed by atoms with Gasteiger partial charge in [0.05, 0.1) is 0 Å². The van der Waals surface area contributed by atoms with Gasteiger partial charge in [-0.15, -0.1) is 0 Å². The third-order valence-corrected chi connectivity index (χ3v) is 17.8. The van der Waals surface area contributed by atoms with Gasteiger partial charge in [-0.2, -0.15) is 0 Å². The molecule has 4 aliphatic rings. The molecule has 14 nitrogen and oxygen atoms in total. The first-order chi connectivity index (χ1) is 24.5. The lowest BCUT2D eigenvalue weighted by Gasteiger charge is -2.41. The monoisotopic (exact) mass is 722 g/mol. The molecule has 6 bridgehead atoms. The van der Waals surface area contributed by atoms with Crippen LogP contribution in [0.1, 0.15) is 22.3 Å². The molecule has 4 aliphatic heterocycles. The molecule has 17 heteroatoms. The lowest BCUT2D eigenvalue weighted by molar-refractivity contribution is 0.340. The van der Waals surface area contributed by atoms with Gasteiger partial charge in [-0.05, 0) is 63.5 Å². The number of amidine groups is 4. The summed E-state index contributed by atoms with van der Waals surface area (Å²) in [5, 5.41) is 3.16. The normalized spacial score (nSPS) is 16.7. The predicted molar refractivity (Wildman–Crippen MR) is 201 cm³/mol. The van der Waals surface area contributed by atoms with Gasteiger partial charge in [0.15, 0.2) is 40.0 Å². The Morgan fingerprint density at radius 3 is 1.51 bits per heavy atom. The Morgan fingerprint density at radius 1 is 0.451 bits per heavy atom. The highest BCUT2D eigenvalue weighted by molar-refractivity contribution is 6.87. The summed E-state index contributed by atoms with van der Waals surface area (Å²) in [7, 11) is -9.17. The van der Waals surface area contributed by atoms with Gasteiger partial charge in [0.2, 0.25) is 0 Å². The van der Waals surface area contributed by atoms with Crippen molar-refractivity contribution in [3.05, 3.63) is 107 Å². The van der Waals surface area contributed by atoms with Crippen LogP contribution in [0.25, 0.3) is 21.5 Å². The molecular formula is C34H30N12O2Si3. The molecule has 0 spiro atoms. The molecule has 0 N–H and O–H groups in total. The molecule has 250 valence electrons. The zero-order chi connectivity index (χ0) is 34.9. The van der Waals surface area contributed by atoms with Crippen molar-refractivity contribution in [3.63, 3.8) is 0 Å². The average Bonchev–Trinajstić information content (AvgIpc) is 3.80. The number of fused-ring (bicyclic) bond motifs is 14. The number of hydrogen-bond acceptors (Lipinski definition) is 12. The fraction of sp³-hybridized carbons (Fsp3) is 0.176. The van der Waals surface area contributed by atoms with Crippen molar-refractivity contribution in [2.24, 2.45) is 30.0 Å². The summed E-state index contributed by atoms with van der Waals surface area (Å²) in [5.74, 6) is 3.10. The quantitative estimate of drug-likeness (QED) is 0.242. The molecule has 10 heterocycles. The van der Waals surface area contributed by atoms with E-state index in [-0.39, 0.29) is 0 Å². The van der Waals surface area contributed by atoms with E-state index < -0.39 is 25.5 Å². The highest BCUT2D eigenvalue weighted by Crippen LogP contribution is 2.44. The Balaban J connectivity index is 1.56. The van der Waals surface area contributed by atoms with Crippen molar-refractivity contribution in [1.29, 1.82) is 0 Å². The molecular weight excluding hydrogens is 693 g/mol. The van der Waals surface area contributed by atoms with E-state index in [9.17, 15) is 0 Å². The first kappa shape index (κ1) is 30.4. The molecule has 0 saturated carbocycles. The molecule has 0 radical (unpaired) electrons. The first-order valence-electron chi connectivity index (χ1n) is 16.5. The van der Waals surface area contributed by atoms with Crippen LogP contribution >= 0.6 is 0 Å². The highest BCUT2D eigenvalue weighted by atomic mass is 28.5. The zero-order valence-electron chi connectivity index (χ0n) is 28.6. The third-order valence-electron chi connectivity index (χ3n) is 8.77. The topological polar surface area (TPSA) is 154 Å². The number of nitrogens with zero attached hydrogens (tertiary/aromatic N) is 12. The fourth-order valence-electron chi connectivity index (χ4n) is 7.01. The standard InChI is InChI=1S/C34H30N12O2Si3/c1-49(2,3)47-51(48-50(4,5)6)45-32-21-9-13-37-17-25(21)33(45)41-27-19-7-11-35-15-23(19)29(39-27)43-31-22-10-14-38-18-26(22)34(46(31)51)42-28-20-8-12-36-16-24(20)30(40-28)44-32/h7-18H,1-6H3. The van der Waals surface area contributed by atoms with E-state index in [1.165, 1.54) is 0 Å². The summed E-state index contributed by atoms with van der Waals surface area (Å²) >= 11 is 0. The molecule has 6 aromatic rings. The molecule has 10 rings (SSSR count). The predicted octanol–water partition coefficient (Wildman–Crippen LogP) is 4.65. The second-order valence-electron chi connectivity index (χ2n) is 14.6. The number of hydrogen-bond donors (Lipinski definition) is 0. The van der Waals surface area contributed by atoms with Gasteiger partial charge >= 0.3 is 8.88 Å². The summed E-state index contributed by atoms with van der Waals surface area (Å²) in [6.45, 7) is 13.0. The number of pyridine rings is 4. The minimum Gasteiger partial charge on any atom is -0.404 e.